The molecule has 2 fully saturated rings. The standard InChI is InChI=1S/C27H40N4O2/c1-4-5-14-28-27(32)22-17-20-16-19(2)11-12-23(20)30-26(22)31-15-13-24(25(18-31)33-3)29-21-9-7-6-8-10-21/h11-12,16-17,21,24-25,29H,4-10,13-15,18H2,1-3H3,(H,28,32). The number of carbonyl (C=O) groups is 1. The van der Waals surface area contributed by atoms with E-state index in [-0.39, 0.29) is 12.0 Å². The molecule has 1 aliphatic carbocycles. The summed E-state index contributed by atoms with van der Waals surface area (Å²) in [5.41, 5.74) is 2.76. The van der Waals surface area contributed by atoms with Crippen LogP contribution in [0.25, 0.3) is 10.9 Å². The Kier molecular flexibility index (Phi) is 8.20. The Morgan fingerprint density at radius 2 is 2.00 bits per heavy atom. The first-order valence-electron chi connectivity index (χ1n) is 12.8. The number of pyridine rings is 1. The molecule has 6 nitrogen and oxygen atoms in total. The zero-order valence-electron chi connectivity index (χ0n) is 20.5. The Labute approximate surface area is 198 Å². The molecule has 0 bridgehead atoms. The van der Waals surface area contributed by atoms with Crippen LogP contribution in [0.15, 0.2) is 24.3 Å². The number of nitrogens with zero attached hydrogens (tertiary/aromatic N) is 2. The number of aryl methyl sites for hydroxylation is 1. The van der Waals surface area contributed by atoms with E-state index in [0.29, 0.717) is 24.2 Å². The molecule has 33 heavy (non-hydrogen) atoms. The molecule has 2 N–H and O–H groups in total. The first-order valence-corrected chi connectivity index (χ1v) is 12.8. The van der Waals surface area contributed by atoms with Gasteiger partial charge >= 0.3 is 0 Å². The lowest BCUT2D eigenvalue weighted by Gasteiger charge is -2.41. The molecule has 1 aromatic carbocycles. The van der Waals surface area contributed by atoms with Crippen molar-refractivity contribution in [2.24, 2.45) is 0 Å². The minimum Gasteiger partial charge on any atom is -0.378 e. The summed E-state index contributed by atoms with van der Waals surface area (Å²) < 4.78 is 5.95. The van der Waals surface area contributed by atoms with Crippen molar-refractivity contribution in [2.45, 2.75) is 83.4 Å². The highest BCUT2D eigenvalue weighted by atomic mass is 16.5. The van der Waals surface area contributed by atoms with E-state index in [4.69, 9.17) is 9.72 Å². The number of amides is 1. The highest BCUT2D eigenvalue weighted by molar-refractivity contribution is 6.02. The Bertz CT molecular complexity index is 941. The van der Waals surface area contributed by atoms with Crippen LogP contribution < -0.4 is 15.5 Å². The van der Waals surface area contributed by atoms with Crippen LogP contribution in [-0.4, -0.2) is 55.8 Å². The summed E-state index contributed by atoms with van der Waals surface area (Å²) in [6.07, 6.45) is 9.64. The third-order valence-corrected chi connectivity index (χ3v) is 7.23. The van der Waals surface area contributed by atoms with E-state index in [0.717, 1.165) is 49.1 Å². The number of aromatic nitrogens is 1. The normalized spacial score (nSPS) is 22.0. The zero-order chi connectivity index (χ0) is 23.2. The van der Waals surface area contributed by atoms with Crippen molar-refractivity contribution in [3.8, 4) is 0 Å². The molecule has 6 heteroatoms. The lowest BCUT2D eigenvalue weighted by molar-refractivity contribution is 0.0533. The highest BCUT2D eigenvalue weighted by Crippen LogP contribution is 2.28. The van der Waals surface area contributed by atoms with Crippen LogP contribution in [0.4, 0.5) is 5.82 Å². The van der Waals surface area contributed by atoms with Gasteiger partial charge in [-0.15, -0.1) is 0 Å². The van der Waals surface area contributed by atoms with Gasteiger partial charge in [0.05, 0.1) is 17.2 Å². The smallest absolute Gasteiger partial charge is 0.255 e. The highest BCUT2D eigenvalue weighted by Gasteiger charge is 2.33. The van der Waals surface area contributed by atoms with Gasteiger partial charge in [0.2, 0.25) is 0 Å². The molecule has 2 unspecified atom stereocenters. The average molecular weight is 453 g/mol. The minimum atomic E-state index is -0.0363. The fourth-order valence-corrected chi connectivity index (χ4v) is 5.28. The SMILES string of the molecule is CCCCNC(=O)c1cc2cc(C)ccc2nc1N1CCC(NC2CCCCC2)C(OC)C1. The van der Waals surface area contributed by atoms with Crippen molar-refractivity contribution in [2.75, 3.05) is 31.6 Å². The Balaban J connectivity index is 1.57. The van der Waals surface area contributed by atoms with Crippen LogP contribution in [0, 0.1) is 6.92 Å². The van der Waals surface area contributed by atoms with E-state index < -0.39 is 0 Å². The lowest BCUT2D eigenvalue weighted by Crippen LogP contribution is -2.56. The first kappa shape index (κ1) is 24.0. The maximum Gasteiger partial charge on any atom is 0.255 e. The van der Waals surface area contributed by atoms with Crippen molar-refractivity contribution >= 4 is 22.6 Å². The summed E-state index contributed by atoms with van der Waals surface area (Å²) >= 11 is 0. The monoisotopic (exact) mass is 452 g/mol. The number of piperidine rings is 1. The van der Waals surface area contributed by atoms with Gasteiger partial charge in [-0.05, 0) is 50.8 Å². The van der Waals surface area contributed by atoms with E-state index in [2.05, 4.69) is 47.6 Å². The molecule has 1 saturated heterocycles. The molecule has 1 aromatic heterocycles. The molecule has 1 saturated carbocycles. The summed E-state index contributed by atoms with van der Waals surface area (Å²) in [5.74, 6) is 0.740. The predicted molar refractivity (Wildman–Crippen MR) is 135 cm³/mol. The van der Waals surface area contributed by atoms with Gasteiger partial charge < -0.3 is 20.3 Å². The van der Waals surface area contributed by atoms with Crippen molar-refractivity contribution < 1.29 is 9.53 Å². The van der Waals surface area contributed by atoms with Crippen molar-refractivity contribution in [1.29, 1.82) is 0 Å². The number of carbonyl (C=O) groups excluding carboxylic acids is 1. The van der Waals surface area contributed by atoms with Crippen LogP contribution in [0.5, 0.6) is 0 Å². The van der Waals surface area contributed by atoms with Gasteiger partial charge in [-0.3, -0.25) is 4.79 Å². The van der Waals surface area contributed by atoms with E-state index in [1.54, 1.807) is 7.11 Å². The number of anilines is 1. The first-order chi connectivity index (χ1) is 16.1. The van der Waals surface area contributed by atoms with Crippen LogP contribution in [0.2, 0.25) is 0 Å². The Morgan fingerprint density at radius 3 is 2.76 bits per heavy atom. The second-order valence-corrected chi connectivity index (χ2v) is 9.78. The fraction of sp³-hybridized carbons (Fsp3) is 0.630. The van der Waals surface area contributed by atoms with Crippen LogP contribution in [0.1, 0.15) is 74.2 Å². The number of ether oxygens (including phenoxy) is 1. The van der Waals surface area contributed by atoms with E-state index in [1.807, 2.05) is 6.07 Å². The molecule has 2 heterocycles. The summed E-state index contributed by atoms with van der Waals surface area (Å²) in [4.78, 5) is 20.4. The third kappa shape index (κ3) is 5.85. The van der Waals surface area contributed by atoms with E-state index >= 15 is 0 Å². The van der Waals surface area contributed by atoms with Gasteiger partial charge in [-0.1, -0.05) is 44.2 Å². The summed E-state index contributed by atoms with van der Waals surface area (Å²) in [6.45, 7) is 6.50. The van der Waals surface area contributed by atoms with E-state index in [1.165, 1.54) is 37.7 Å². The number of hydrogen-bond acceptors (Lipinski definition) is 5. The van der Waals surface area contributed by atoms with Crippen LogP contribution in [0.3, 0.4) is 0 Å². The molecule has 0 spiro atoms. The topological polar surface area (TPSA) is 66.5 Å². The zero-order valence-corrected chi connectivity index (χ0v) is 20.5. The third-order valence-electron chi connectivity index (χ3n) is 7.23. The fourth-order valence-electron chi connectivity index (χ4n) is 5.28. The van der Waals surface area contributed by atoms with Crippen LogP contribution in [-0.2, 0) is 4.74 Å². The number of benzene rings is 1. The number of hydrogen-bond donors (Lipinski definition) is 2. The quantitative estimate of drug-likeness (QED) is 0.574. The lowest BCUT2D eigenvalue weighted by atomic mass is 9.92. The number of fused-ring (bicyclic) bond motifs is 1. The largest absolute Gasteiger partial charge is 0.378 e. The van der Waals surface area contributed by atoms with Gasteiger partial charge in [-0.2, -0.15) is 0 Å². The van der Waals surface area contributed by atoms with Crippen molar-refractivity contribution in [3.05, 3.63) is 35.4 Å². The number of nitrogens with one attached hydrogen (secondary N) is 2. The molecule has 180 valence electrons. The van der Waals surface area contributed by atoms with Gasteiger partial charge in [-0.25, -0.2) is 4.98 Å². The minimum absolute atomic E-state index is 0.0363. The molecule has 1 amide bonds. The van der Waals surface area contributed by atoms with Gasteiger partial charge in [0.1, 0.15) is 5.82 Å². The number of rotatable bonds is 8. The van der Waals surface area contributed by atoms with Gasteiger partial charge in [0.15, 0.2) is 0 Å². The molecule has 0 radical (unpaired) electrons. The average Bonchev–Trinajstić information content (AvgIpc) is 2.84. The summed E-state index contributed by atoms with van der Waals surface area (Å²) in [6, 6.07) is 9.21. The summed E-state index contributed by atoms with van der Waals surface area (Å²) in [5, 5.41) is 8.00. The number of unbranched alkanes of at least 4 members (excludes halogenated alkanes) is 1. The molecule has 2 aromatic rings. The van der Waals surface area contributed by atoms with Gasteiger partial charge in [0.25, 0.3) is 5.91 Å². The second-order valence-electron chi connectivity index (χ2n) is 9.78. The maximum atomic E-state index is 13.2. The van der Waals surface area contributed by atoms with Crippen LogP contribution >= 0.6 is 0 Å². The van der Waals surface area contributed by atoms with Crippen molar-refractivity contribution in [1.82, 2.24) is 15.6 Å². The Morgan fingerprint density at radius 1 is 1.18 bits per heavy atom. The molecule has 2 aliphatic rings. The molecular weight excluding hydrogens is 412 g/mol. The molecular formula is C27H40N4O2. The second kappa shape index (κ2) is 11.3. The maximum absolute atomic E-state index is 13.2. The molecule has 4 rings (SSSR count). The van der Waals surface area contributed by atoms with E-state index in [9.17, 15) is 4.79 Å². The molecule has 2 atom stereocenters. The summed E-state index contributed by atoms with van der Waals surface area (Å²) in [7, 11) is 1.80. The predicted octanol–water partition coefficient (Wildman–Crippen LogP) is 4.59. The molecule has 1 aliphatic heterocycles. The number of methoxy groups -OCH3 is 1. The van der Waals surface area contributed by atoms with Gasteiger partial charge in [0, 0.05) is 44.2 Å². The van der Waals surface area contributed by atoms with Crippen molar-refractivity contribution in [3.63, 3.8) is 0 Å². The Hall–Kier alpha value is -2.18.